The van der Waals surface area contributed by atoms with Gasteiger partial charge in [-0.3, -0.25) is 0 Å². The Labute approximate surface area is 142 Å². The number of aryl methyl sites for hydroxylation is 1. The van der Waals surface area contributed by atoms with E-state index in [-0.39, 0.29) is 17.4 Å². The highest BCUT2D eigenvalue weighted by molar-refractivity contribution is 5.81. The molecule has 134 valence electrons. The number of carboxylic acids is 1. The van der Waals surface area contributed by atoms with Gasteiger partial charge in [-0.1, -0.05) is 0 Å². The van der Waals surface area contributed by atoms with Crippen molar-refractivity contribution in [3.63, 3.8) is 0 Å². The maximum absolute atomic E-state index is 11.6. The first-order valence-corrected chi connectivity index (χ1v) is 7.34. The van der Waals surface area contributed by atoms with E-state index in [1.165, 1.54) is 18.2 Å². The van der Waals surface area contributed by atoms with Crippen LogP contribution in [0, 0.1) is 6.92 Å². The number of fused-ring (bicyclic) bond motifs is 1. The number of benzene rings is 1. The number of carboxylic acid groups (broad SMARTS) is 1. The van der Waals surface area contributed by atoms with Crippen LogP contribution in [0.5, 0.6) is 5.75 Å². The van der Waals surface area contributed by atoms with Crippen LogP contribution < -0.4 is 10.4 Å². The van der Waals surface area contributed by atoms with Crippen LogP contribution in [-0.2, 0) is 9.53 Å². The first-order chi connectivity index (χ1) is 12.2. The van der Waals surface area contributed by atoms with Crippen molar-refractivity contribution in [2.75, 3.05) is 0 Å². The molecule has 3 rings (SSSR count). The van der Waals surface area contributed by atoms with Gasteiger partial charge in [0.1, 0.15) is 29.6 Å². The van der Waals surface area contributed by atoms with Gasteiger partial charge in [0, 0.05) is 17.5 Å². The summed E-state index contributed by atoms with van der Waals surface area (Å²) in [6.45, 7) is 1.59. The summed E-state index contributed by atoms with van der Waals surface area (Å²) in [6.07, 6.45) is -8.68. The number of aliphatic hydroxyl groups is 3. The van der Waals surface area contributed by atoms with Gasteiger partial charge in [0.05, 0.1) is 1.37 Å². The zero-order chi connectivity index (χ0) is 19.2. The van der Waals surface area contributed by atoms with E-state index >= 15 is 0 Å². The van der Waals surface area contributed by atoms with Crippen molar-refractivity contribution in [1.82, 2.24) is 0 Å². The second-order valence-corrected chi connectivity index (χ2v) is 5.65. The summed E-state index contributed by atoms with van der Waals surface area (Å²) in [6, 6.07) is 4.01. The molecule has 0 bridgehead atoms. The third-order valence-corrected chi connectivity index (χ3v) is 3.91. The lowest BCUT2D eigenvalue weighted by Gasteiger charge is -2.38. The minimum atomic E-state index is -1.82. The highest BCUT2D eigenvalue weighted by Crippen LogP contribution is 2.27. The topological polar surface area (TPSA) is 147 Å². The Kier molecular flexibility index (Phi) is 4.14. The zero-order valence-corrected chi connectivity index (χ0v) is 12.9. The van der Waals surface area contributed by atoms with E-state index in [4.69, 9.17) is 20.4 Å². The van der Waals surface area contributed by atoms with Gasteiger partial charge in [0.2, 0.25) is 6.29 Å². The summed E-state index contributed by atoms with van der Waals surface area (Å²) in [5, 5.41) is 38.9. The summed E-state index contributed by atoms with van der Waals surface area (Å²) in [5.41, 5.74) is -0.284. The first kappa shape index (κ1) is 16.0. The molecule has 1 aromatic heterocycles. The zero-order valence-electron chi connectivity index (χ0n) is 13.9. The lowest BCUT2D eigenvalue weighted by Crippen LogP contribution is -2.61. The van der Waals surface area contributed by atoms with Crippen molar-refractivity contribution in [1.29, 1.82) is 0 Å². The molecule has 2 aromatic rings. The molecule has 0 aliphatic carbocycles. The molecule has 1 fully saturated rings. The second kappa shape index (κ2) is 6.45. The number of ether oxygens (including phenoxy) is 2. The quantitative estimate of drug-likeness (QED) is 0.530. The van der Waals surface area contributed by atoms with Crippen LogP contribution in [0.15, 0.2) is 33.5 Å². The van der Waals surface area contributed by atoms with Crippen LogP contribution in [0.3, 0.4) is 0 Å². The molecule has 2 heterocycles. The fraction of sp³-hybridized carbons (Fsp3) is 0.375. The van der Waals surface area contributed by atoms with Crippen LogP contribution >= 0.6 is 0 Å². The first-order valence-electron chi connectivity index (χ1n) is 7.84. The Morgan fingerprint density at radius 1 is 1.24 bits per heavy atom. The molecule has 4 N–H and O–H groups in total. The molecule has 0 spiro atoms. The smallest absolute Gasteiger partial charge is 0.336 e. The van der Waals surface area contributed by atoms with Crippen LogP contribution in [0.2, 0.25) is 0 Å². The van der Waals surface area contributed by atoms with E-state index in [9.17, 15) is 24.9 Å². The van der Waals surface area contributed by atoms with E-state index in [1.807, 2.05) is 0 Å². The summed E-state index contributed by atoms with van der Waals surface area (Å²) >= 11 is 0. The van der Waals surface area contributed by atoms with Crippen molar-refractivity contribution in [3.05, 3.63) is 40.2 Å². The predicted octanol–water partition coefficient (Wildman–Crippen LogP) is -0.628. The Bertz CT molecular complexity index is 908. The molecule has 5 atom stereocenters. The highest BCUT2D eigenvalue weighted by atomic mass is 16.7. The van der Waals surface area contributed by atoms with Crippen LogP contribution in [0.25, 0.3) is 11.0 Å². The van der Waals surface area contributed by atoms with Gasteiger partial charge in [-0.25, -0.2) is 9.59 Å². The molecule has 0 amide bonds. The molecule has 0 saturated carbocycles. The number of hydrogen-bond acceptors (Lipinski definition) is 8. The molecule has 1 unspecified atom stereocenters. The minimum absolute atomic E-state index is 0.0644. The van der Waals surface area contributed by atoms with Crippen LogP contribution in [0.1, 0.15) is 6.93 Å². The van der Waals surface area contributed by atoms with Crippen LogP contribution in [-0.4, -0.2) is 57.1 Å². The van der Waals surface area contributed by atoms with Crippen LogP contribution in [0.4, 0.5) is 0 Å². The Morgan fingerprint density at radius 2 is 1.96 bits per heavy atom. The van der Waals surface area contributed by atoms with Crippen molar-refractivity contribution < 1.29 is 40.5 Å². The molecule has 0 radical (unpaired) electrons. The molecule has 25 heavy (non-hydrogen) atoms. The van der Waals surface area contributed by atoms with E-state index in [1.54, 1.807) is 6.92 Å². The standard InChI is InChI=1S/C16H16O9/c1-6-4-10(17)24-9-5-7(2-3-8(6)9)23-16-13(20)11(18)12(19)14(25-16)15(21)22/h2-5,11-14,16,18-20H,1H3,(H,21,22)/t11-,12-,13+,14-,16?/m0/s1/i4D. The normalized spacial score (nSPS) is 30.1. The number of aliphatic hydroxyl groups excluding tert-OH is 3. The molecule has 1 aromatic carbocycles. The Balaban J connectivity index is 1.91. The molecular weight excluding hydrogens is 336 g/mol. The van der Waals surface area contributed by atoms with Gasteiger partial charge in [-0.2, -0.15) is 0 Å². The average molecular weight is 353 g/mol. The lowest BCUT2D eigenvalue weighted by atomic mass is 9.99. The lowest BCUT2D eigenvalue weighted by molar-refractivity contribution is -0.271. The summed E-state index contributed by atoms with van der Waals surface area (Å²) in [5.74, 6) is -1.46. The van der Waals surface area contributed by atoms with E-state index in [0.29, 0.717) is 10.9 Å². The summed E-state index contributed by atoms with van der Waals surface area (Å²) < 4.78 is 23.0. The molecule has 9 nitrogen and oxygen atoms in total. The number of rotatable bonds is 3. The minimum Gasteiger partial charge on any atom is -0.479 e. The molecule has 9 heteroatoms. The number of hydrogen-bond donors (Lipinski definition) is 4. The molecule has 1 aliphatic heterocycles. The Morgan fingerprint density at radius 3 is 2.64 bits per heavy atom. The van der Waals surface area contributed by atoms with Gasteiger partial charge < -0.3 is 34.3 Å². The molecular formula is C16H16O9. The fourth-order valence-corrected chi connectivity index (χ4v) is 2.60. The Hall–Kier alpha value is -2.46. The maximum atomic E-state index is 11.6. The highest BCUT2D eigenvalue weighted by Gasteiger charge is 2.48. The van der Waals surface area contributed by atoms with Gasteiger partial charge in [-0.05, 0) is 24.6 Å². The molecule has 1 saturated heterocycles. The summed E-state index contributed by atoms with van der Waals surface area (Å²) in [4.78, 5) is 22.7. The van der Waals surface area contributed by atoms with E-state index < -0.39 is 42.3 Å². The van der Waals surface area contributed by atoms with Gasteiger partial charge in [0.25, 0.3) is 0 Å². The van der Waals surface area contributed by atoms with E-state index in [0.717, 1.165) is 0 Å². The largest absolute Gasteiger partial charge is 0.479 e. The van der Waals surface area contributed by atoms with Crippen molar-refractivity contribution in [2.45, 2.75) is 37.6 Å². The number of carbonyl (C=O) groups is 1. The number of aliphatic carboxylic acids is 1. The predicted molar refractivity (Wildman–Crippen MR) is 82.2 cm³/mol. The van der Waals surface area contributed by atoms with Crippen molar-refractivity contribution >= 4 is 16.9 Å². The SMILES string of the molecule is [2H]c1c(C)c2ccc(OC3O[C@H](C(=O)O)[C@@H](O)[C@H](O)[C@H]3O)cc2oc1=O. The van der Waals surface area contributed by atoms with Crippen molar-refractivity contribution in [3.8, 4) is 5.75 Å². The van der Waals surface area contributed by atoms with Crippen molar-refractivity contribution in [2.24, 2.45) is 0 Å². The second-order valence-electron chi connectivity index (χ2n) is 5.65. The third-order valence-electron chi connectivity index (χ3n) is 3.91. The van der Waals surface area contributed by atoms with Gasteiger partial charge in [0.15, 0.2) is 6.10 Å². The van der Waals surface area contributed by atoms with Gasteiger partial charge in [-0.15, -0.1) is 0 Å². The van der Waals surface area contributed by atoms with Gasteiger partial charge >= 0.3 is 11.6 Å². The monoisotopic (exact) mass is 353 g/mol. The molecule has 1 aliphatic rings. The summed E-state index contributed by atoms with van der Waals surface area (Å²) in [7, 11) is 0. The average Bonchev–Trinajstić information content (AvgIpc) is 2.59. The maximum Gasteiger partial charge on any atom is 0.336 e. The third kappa shape index (κ3) is 3.22. The van der Waals surface area contributed by atoms with E-state index in [2.05, 4.69) is 0 Å². The fourth-order valence-electron chi connectivity index (χ4n) is 2.60.